The molecular weight excluding hydrogens is 1210 g/mol. The van der Waals surface area contributed by atoms with E-state index in [1.807, 2.05) is 0 Å². The normalized spacial score (nSPS) is 10.9. The first-order valence-corrected chi connectivity index (χ1v) is 34.1. The summed E-state index contributed by atoms with van der Waals surface area (Å²) in [6.07, 6.45) is 0. The summed E-state index contributed by atoms with van der Waals surface area (Å²) in [4.78, 5) is 9.17. The monoisotopic (exact) mass is 1280 g/mol. The summed E-state index contributed by atoms with van der Waals surface area (Å²) in [6.45, 7) is 0. The van der Waals surface area contributed by atoms with E-state index >= 15 is 0 Å². The molecule has 0 aromatic heterocycles. The Morgan fingerprint density at radius 1 is 0.130 bits per heavy atom. The fraction of sp³-hybridized carbons (Fsp3) is 0.0208. The Morgan fingerprint density at radius 3 is 0.630 bits per heavy atom. The lowest BCUT2D eigenvalue weighted by atomic mass is 10.0. The van der Waals surface area contributed by atoms with Crippen LogP contribution in [-0.4, -0.2) is 14.1 Å². The van der Waals surface area contributed by atoms with Crippen molar-refractivity contribution >= 4 is 67.6 Å². The number of rotatable bonds is 17. The van der Waals surface area contributed by atoms with E-state index in [9.17, 15) is 0 Å². The van der Waals surface area contributed by atoms with Crippen LogP contribution in [0.2, 0.25) is 0 Å². The smallest absolute Gasteiger partial charge is 0.0467 e. The van der Waals surface area contributed by atoms with Crippen LogP contribution in [0, 0.1) is 0 Å². The second kappa shape index (κ2) is 29.5. The number of hydrogen-bond donors (Lipinski definition) is 0. The Hall–Kier alpha value is -13.0. The van der Waals surface area contributed by atoms with Gasteiger partial charge in [0.05, 0.1) is 0 Å². The molecule has 0 spiro atoms. The molecule has 0 atom stereocenters. The molecule has 4 heteroatoms. The van der Waals surface area contributed by atoms with Gasteiger partial charge in [0.25, 0.3) is 0 Å². The predicted molar refractivity (Wildman–Crippen MR) is 427 cm³/mol. The van der Waals surface area contributed by atoms with Gasteiger partial charge in [-0.25, -0.2) is 0 Å². The number of hydrogen-bond acceptors (Lipinski definition) is 4. The van der Waals surface area contributed by atoms with Crippen LogP contribution in [0.4, 0.5) is 56.9 Å². The molecule has 0 radical (unpaired) electrons. The first-order chi connectivity index (χ1) is 49.4. The summed E-state index contributed by atoms with van der Waals surface area (Å²) >= 11 is 0. The van der Waals surface area contributed by atoms with Crippen LogP contribution in [0.1, 0.15) is 0 Å². The molecule has 4 nitrogen and oxygen atoms in total. The summed E-state index contributed by atoms with van der Waals surface area (Å²) in [7, 11) is 4.25. The van der Waals surface area contributed by atoms with Gasteiger partial charge in [-0.2, -0.15) is 0 Å². The summed E-state index contributed by atoms with van der Waals surface area (Å²) < 4.78 is 0. The maximum atomic E-state index is 2.35. The van der Waals surface area contributed by atoms with Gasteiger partial charge in [-0.15, -0.1) is 0 Å². The highest BCUT2D eigenvalue weighted by atomic mass is 15.1. The molecule has 0 unspecified atom stereocenters. The van der Waals surface area contributed by atoms with Gasteiger partial charge in [0.15, 0.2) is 0 Å². The quantitative estimate of drug-likeness (QED) is 0.0901. The third-order valence-corrected chi connectivity index (χ3v) is 18.8. The minimum absolute atomic E-state index is 1.10. The van der Waals surface area contributed by atoms with Crippen LogP contribution in [0.25, 0.3) is 88.7 Å². The van der Waals surface area contributed by atoms with E-state index in [4.69, 9.17) is 0 Å². The zero-order valence-corrected chi connectivity index (χ0v) is 56.0. The average molecular weight is 1280 g/mol. The molecule has 0 aliphatic heterocycles. The van der Waals surface area contributed by atoms with Gasteiger partial charge in [0.1, 0.15) is 0 Å². The van der Waals surface area contributed by atoms with Gasteiger partial charge < -0.3 is 19.6 Å². The molecule has 0 N–H and O–H groups in total. The Labute approximate surface area is 588 Å². The molecule has 0 heterocycles. The van der Waals surface area contributed by atoms with Crippen LogP contribution in [0.15, 0.2) is 413 Å². The standard InChI is InChI=1S/C49H38N2.C47H36N2/c1-50(45-29-23-40(24-30-45)37-13-5-2-6-14-37)46-31-25-41(26-32-46)42-27-33-47(34-28-42)51(48-21-11-19-43(35-48)38-15-7-3-8-16-38)49-22-12-20-44(36-49)39-17-9-4-10-18-39;1-48(45-31-26-37-16-8-9-17-40(37)32-45)43-27-22-38(23-28-43)39-24-29-44(30-25-39)49(46-20-10-18-41(33-46)35-12-4-2-5-13-35)47-21-11-19-42(34-47)36-14-6-3-7-15-36/h2-36H,1H3;2-34H,1H3. The molecule has 0 fully saturated rings. The Balaban J connectivity index is 0.000000163. The minimum Gasteiger partial charge on any atom is -0.345 e. The Bertz CT molecular complexity index is 5170. The molecule has 16 rings (SSSR count). The largest absolute Gasteiger partial charge is 0.345 e. The van der Waals surface area contributed by atoms with Gasteiger partial charge in [0.2, 0.25) is 0 Å². The summed E-state index contributed by atoms with van der Waals surface area (Å²) in [5.41, 5.74) is 28.0. The summed E-state index contributed by atoms with van der Waals surface area (Å²) in [5.74, 6) is 0. The third kappa shape index (κ3) is 14.3. The molecule has 0 saturated heterocycles. The molecule has 0 saturated carbocycles. The number of anilines is 10. The average Bonchev–Trinajstić information content (AvgIpc) is 0.822. The molecule has 16 aromatic rings. The van der Waals surface area contributed by atoms with Crippen molar-refractivity contribution in [1.29, 1.82) is 0 Å². The second-order valence-corrected chi connectivity index (χ2v) is 25.1. The van der Waals surface area contributed by atoms with E-state index in [0.717, 1.165) is 51.2 Å². The molecule has 0 amide bonds. The van der Waals surface area contributed by atoms with Crippen LogP contribution in [0.3, 0.4) is 0 Å². The lowest BCUT2D eigenvalue weighted by Crippen LogP contribution is -2.10. The van der Waals surface area contributed by atoms with Gasteiger partial charge in [-0.3, -0.25) is 0 Å². The van der Waals surface area contributed by atoms with Crippen LogP contribution in [0.5, 0.6) is 0 Å². The first-order valence-electron chi connectivity index (χ1n) is 34.1. The third-order valence-electron chi connectivity index (χ3n) is 18.8. The zero-order valence-electron chi connectivity index (χ0n) is 56.0. The number of benzene rings is 16. The summed E-state index contributed by atoms with van der Waals surface area (Å²) in [5, 5.41) is 2.50. The van der Waals surface area contributed by atoms with Crippen LogP contribution >= 0.6 is 0 Å². The maximum absolute atomic E-state index is 2.35. The molecule has 0 aliphatic carbocycles. The lowest BCUT2D eigenvalue weighted by molar-refractivity contribution is 1.21. The van der Waals surface area contributed by atoms with Gasteiger partial charge >= 0.3 is 0 Å². The van der Waals surface area contributed by atoms with Gasteiger partial charge in [-0.1, -0.05) is 291 Å². The van der Waals surface area contributed by atoms with Crippen molar-refractivity contribution < 1.29 is 0 Å². The first kappa shape index (κ1) is 63.1. The van der Waals surface area contributed by atoms with Crippen molar-refractivity contribution in [3.05, 3.63) is 413 Å². The van der Waals surface area contributed by atoms with Crippen molar-refractivity contribution in [1.82, 2.24) is 0 Å². The fourth-order valence-corrected chi connectivity index (χ4v) is 13.3. The number of fused-ring (bicyclic) bond motifs is 1. The lowest BCUT2D eigenvalue weighted by Gasteiger charge is -2.27. The summed E-state index contributed by atoms with van der Waals surface area (Å²) in [6, 6.07) is 147. The van der Waals surface area contributed by atoms with Crippen LogP contribution in [-0.2, 0) is 0 Å². The van der Waals surface area contributed by atoms with Gasteiger partial charge in [0, 0.05) is 71.0 Å². The Morgan fingerprint density at radius 2 is 0.340 bits per heavy atom. The van der Waals surface area contributed by atoms with Crippen molar-refractivity contribution in [3.63, 3.8) is 0 Å². The van der Waals surface area contributed by atoms with E-state index in [2.05, 4.69) is 446 Å². The molecule has 0 bridgehead atoms. The SMILES string of the molecule is CN(c1ccc(-c2ccc(N(c3cccc(-c4ccccc4)c3)c3cccc(-c4ccccc4)c3)cc2)cc1)c1ccc2ccccc2c1.CN(c1ccc(-c2ccccc2)cc1)c1ccc(-c2ccc(N(c3cccc(-c4ccccc4)c3)c3cccc(-c4ccccc4)c3)cc2)cc1. The molecular formula is C96H74N4. The Kier molecular flexibility index (Phi) is 18.6. The molecule has 16 aromatic carbocycles. The molecule has 0 aliphatic rings. The van der Waals surface area contributed by atoms with Crippen molar-refractivity contribution in [3.8, 4) is 77.9 Å². The second-order valence-electron chi connectivity index (χ2n) is 25.1. The van der Waals surface area contributed by atoms with E-state index in [-0.39, 0.29) is 0 Å². The molecule has 478 valence electrons. The van der Waals surface area contributed by atoms with E-state index < -0.39 is 0 Å². The topological polar surface area (TPSA) is 13.0 Å². The van der Waals surface area contributed by atoms with Crippen molar-refractivity contribution in [2.75, 3.05) is 33.7 Å². The van der Waals surface area contributed by atoms with E-state index in [0.29, 0.717) is 0 Å². The van der Waals surface area contributed by atoms with Crippen molar-refractivity contribution in [2.24, 2.45) is 0 Å². The highest BCUT2D eigenvalue weighted by Gasteiger charge is 2.18. The van der Waals surface area contributed by atoms with Crippen molar-refractivity contribution in [2.45, 2.75) is 0 Å². The van der Waals surface area contributed by atoms with Crippen LogP contribution < -0.4 is 19.6 Å². The maximum Gasteiger partial charge on any atom is 0.0467 e. The minimum atomic E-state index is 1.10. The zero-order chi connectivity index (χ0) is 67.4. The van der Waals surface area contributed by atoms with Gasteiger partial charge in [-0.05, 0) is 210 Å². The van der Waals surface area contributed by atoms with E-state index in [1.54, 1.807) is 0 Å². The number of nitrogens with zero attached hydrogens (tertiary/aromatic N) is 4. The highest BCUT2D eigenvalue weighted by molar-refractivity contribution is 5.89. The van der Waals surface area contributed by atoms with E-state index in [1.165, 1.54) is 94.3 Å². The highest BCUT2D eigenvalue weighted by Crippen LogP contribution is 2.42. The molecule has 100 heavy (non-hydrogen) atoms. The fourth-order valence-electron chi connectivity index (χ4n) is 13.3. The predicted octanol–water partition coefficient (Wildman–Crippen LogP) is 26.7.